The standard InChI is InChI=1S/C6H8NO/c1-7-4-2-3-6(8)5-7/h2,4-5H,3H2,1H3/q+1. The Kier molecular flexibility index (Phi) is 1.24. The highest BCUT2D eigenvalue weighted by Crippen LogP contribution is 1.89. The van der Waals surface area contributed by atoms with Gasteiger partial charge in [0, 0.05) is 6.42 Å². The smallest absolute Gasteiger partial charge is 0.222 e. The van der Waals surface area contributed by atoms with Gasteiger partial charge in [-0.1, -0.05) is 0 Å². The van der Waals surface area contributed by atoms with Crippen LogP contribution in [0.25, 0.3) is 0 Å². The van der Waals surface area contributed by atoms with Crippen LogP contribution in [0, 0.1) is 0 Å². The molecule has 2 nitrogen and oxygen atoms in total. The highest BCUT2D eigenvalue weighted by molar-refractivity contribution is 6.26. The second-order valence-corrected chi connectivity index (χ2v) is 1.85. The van der Waals surface area contributed by atoms with Crippen molar-refractivity contribution < 1.29 is 9.37 Å². The summed E-state index contributed by atoms with van der Waals surface area (Å²) in [5.74, 6) is 0.176. The molecule has 0 saturated carbocycles. The van der Waals surface area contributed by atoms with Crippen LogP contribution < -0.4 is 0 Å². The Hall–Kier alpha value is -0.920. The molecule has 0 spiro atoms. The van der Waals surface area contributed by atoms with Crippen LogP contribution >= 0.6 is 0 Å². The number of ketones is 1. The normalized spacial score (nSPS) is 18.6. The molecule has 0 saturated heterocycles. The summed E-state index contributed by atoms with van der Waals surface area (Å²) in [4.78, 5) is 10.5. The van der Waals surface area contributed by atoms with E-state index in [9.17, 15) is 4.79 Å². The monoisotopic (exact) mass is 110 g/mol. The Morgan fingerprint density at radius 3 is 2.88 bits per heavy atom. The molecular formula is C6H8NO+. The van der Waals surface area contributed by atoms with Gasteiger partial charge >= 0.3 is 0 Å². The predicted molar refractivity (Wildman–Crippen MR) is 31.0 cm³/mol. The van der Waals surface area contributed by atoms with Crippen LogP contribution in [0.4, 0.5) is 0 Å². The second-order valence-electron chi connectivity index (χ2n) is 1.85. The topological polar surface area (TPSA) is 20.1 Å². The average Bonchev–Trinajstić information content (AvgIpc) is 1.64. The van der Waals surface area contributed by atoms with Gasteiger partial charge in [0.15, 0.2) is 6.20 Å². The maximum atomic E-state index is 10.5. The lowest BCUT2D eigenvalue weighted by atomic mass is 10.2. The molecule has 0 aromatic carbocycles. The molecule has 1 heterocycles. The van der Waals surface area contributed by atoms with E-state index in [1.54, 1.807) is 10.8 Å². The molecule has 0 atom stereocenters. The molecule has 1 aliphatic heterocycles. The molecule has 42 valence electrons. The zero-order chi connectivity index (χ0) is 5.98. The fourth-order valence-corrected chi connectivity index (χ4v) is 0.658. The van der Waals surface area contributed by atoms with Gasteiger partial charge in [-0.05, 0) is 6.08 Å². The first-order valence-corrected chi connectivity index (χ1v) is 2.55. The van der Waals surface area contributed by atoms with Gasteiger partial charge in [0.05, 0.1) is 0 Å². The van der Waals surface area contributed by atoms with Crippen molar-refractivity contribution >= 4 is 12.0 Å². The summed E-state index contributed by atoms with van der Waals surface area (Å²) in [7, 11) is 1.84. The molecule has 0 bridgehead atoms. The van der Waals surface area contributed by atoms with Crippen LogP contribution in [0.1, 0.15) is 6.42 Å². The molecule has 8 heavy (non-hydrogen) atoms. The molecule has 0 N–H and O–H groups in total. The van der Waals surface area contributed by atoms with E-state index in [0.29, 0.717) is 6.42 Å². The zero-order valence-electron chi connectivity index (χ0n) is 4.79. The summed E-state index contributed by atoms with van der Waals surface area (Å²) in [6.45, 7) is 0. The van der Waals surface area contributed by atoms with Crippen LogP contribution in [-0.2, 0) is 4.79 Å². The van der Waals surface area contributed by atoms with Gasteiger partial charge in [-0.2, -0.15) is 0 Å². The number of nitrogens with zero attached hydrogens (tertiary/aromatic N) is 1. The van der Waals surface area contributed by atoms with E-state index in [4.69, 9.17) is 0 Å². The van der Waals surface area contributed by atoms with E-state index in [0.717, 1.165) is 0 Å². The molecule has 1 rings (SSSR count). The van der Waals surface area contributed by atoms with E-state index in [-0.39, 0.29) is 5.78 Å². The third kappa shape index (κ3) is 1.03. The van der Waals surface area contributed by atoms with Gasteiger partial charge in [0.1, 0.15) is 7.05 Å². The van der Waals surface area contributed by atoms with Crippen molar-refractivity contribution in [3.63, 3.8) is 0 Å². The van der Waals surface area contributed by atoms with Gasteiger partial charge in [-0.25, -0.2) is 4.58 Å². The third-order valence-corrected chi connectivity index (χ3v) is 1.01. The van der Waals surface area contributed by atoms with Gasteiger partial charge in [-0.15, -0.1) is 0 Å². The van der Waals surface area contributed by atoms with E-state index >= 15 is 0 Å². The Balaban J connectivity index is 2.77. The molecule has 0 amide bonds. The third-order valence-electron chi connectivity index (χ3n) is 1.01. The van der Waals surface area contributed by atoms with E-state index < -0.39 is 0 Å². The fraction of sp³-hybridized carbons (Fsp3) is 0.333. The fourth-order valence-electron chi connectivity index (χ4n) is 0.658. The van der Waals surface area contributed by atoms with Gasteiger partial charge in [0.2, 0.25) is 12.0 Å². The van der Waals surface area contributed by atoms with E-state index in [2.05, 4.69) is 0 Å². The maximum absolute atomic E-state index is 10.5. The first kappa shape index (κ1) is 5.22. The molecular weight excluding hydrogens is 102 g/mol. The zero-order valence-corrected chi connectivity index (χ0v) is 4.79. The SMILES string of the molecule is C[N+]1=CC(=O)CC=C1. The van der Waals surface area contributed by atoms with Crippen molar-refractivity contribution in [2.45, 2.75) is 6.42 Å². The van der Waals surface area contributed by atoms with Crippen LogP contribution in [0.2, 0.25) is 0 Å². The largest absolute Gasteiger partial charge is 0.288 e. The first-order valence-electron chi connectivity index (χ1n) is 2.55. The lowest BCUT2D eigenvalue weighted by Gasteiger charge is -1.91. The Morgan fingerprint density at radius 1 is 1.75 bits per heavy atom. The number of hydrogen-bond acceptors (Lipinski definition) is 1. The Labute approximate surface area is 48.1 Å². The highest BCUT2D eigenvalue weighted by atomic mass is 16.1. The molecule has 0 aliphatic carbocycles. The lowest BCUT2D eigenvalue weighted by molar-refractivity contribution is -0.417. The van der Waals surface area contributed by atoms with Crippen LogP contribution in [0.3, 0.4) is 0 Å². The van der Waals surface area contributed by atoms with Gasteiger partial charge in [-0.3, -0.25) is 4.79 Å². The lowest BCUT2D eigenvalue weighted by Crippen LogP contribution is -2.11. The maximum Gasteiger partial charge on any atom is 0.222 e. The number of allylic oxidation sites excluding steroid dienone is 1. The van der Waals surface area contributed by atoms with Crippen LogP contribution in [0.5, 0.6) is 0 Å². The second kappa shape index (κ2) is 1.90. The van der Waals surface area contributed by atoms with E-state index in [1.165, 1.54) is 0 Å². The molecule has 1 aliphatic rings. The molecule has 0 unspecified atom stereocenters. The quantitative estimate of drug-likeness (QED) is 0.407. The predicted octanol–water partition coefficient (Wildman–Crippen LogP) is 0.186. The van der Waals surface area contributed by atoms with Crippen molar-refractivity contribution in [2.24, 2.45) is 0 Å². The number of rotatable bonds is 0. The van der Waals surface area contributed by atoms with Crippen LogP contribution in [-0.4, -0.2) is 23.6 Å². The summed E-state index contributed by atoms with van der Waals surface area (Å²) in [5.41, 5.74) is 0. The minimum atomic E-state index is 0.176. The van der Waals surface area contributed by atoms with Crippen molar-refractivity contribution in [3.05, 3.63) is 12.3 Å². The Bertz CT molecular complexity index is 167. The van der Waals surface area contributed by atoms with Crippen molar-refractivity contribution in [1.82, 2.24) is 0 Å². The number of Topliss-reactive ketones (excluding diaryl/α,β-unsaturated/α-hetero) is 1. The molecule has 2 heteroatoms. The number of hydrogen-bond donors (Lipinski definition) is 0. The van der Waals surface area contributed by atoms with E-state index in [1.807, 2.05) is 19.3 Å². The molecule has 0 aromatic rings. The summed E-state index contributed by atoms with van der Waals surface area (Å²) < 4.78 is 1.76. The minimum absolute atomic E-state index is 0.176. The van der Waals surface area contributed by atoms with Crippen molar-refractivity contribution in [2.75, 3.05) is 7.05 Å². The van der Waals surface area contributed by atoms with Crippen molar-refractivity contribution in [1.29, 1.82) is 0 Å². The summed E-state index contributed by atoms with van der Waals surface area (Å²) in [6.07, 6.45) is 5.87. The van der Waals surface area contributed by atoms with Gasteiger partial charge < -0.3 is 0 Å². The molecule has 0 radical (unpaired) electrons. The number of carbonyl (C=O) groups excluding carboxylic acids is 1. The van der Waals surface area contributed by atoms with Crippen molar-refractivity contribution in [3.8, 4) is 0 Å². The summed E-state index contributed by atoms with van der Waals surface area (Å²) in [5, 5.41) is 0. The summed E-state index contributed by atoms with van der Waals surface area (Å²) >= 11 is 0. The first-order chi connectivity index (χ1) is 3.79. The minimum Gasteiger partial charge on any atom is -0.288 e. The molecule has 0 fully saturated rings. The highest BCUT2D eigenvalue weighted by Gasteiger charge is 2.04. The average molecular weight is 110 g/mol. The van der Waals surface area contributed by atoms with Gasteiger partial charge in [0.25, 0.3) is 0 Å². The number of carbonyl (C=O) groups is 1. The summed E-state index contributed by atoms with van der Waals surface area (Å²) in [6, 6.07) is 0. The van der Waals surface area contributed by atoms with Crippen LogP contribution in [0.15, 0.2) is 12.3 Å². The molecule has 0 aromatic heterocycles. The Morgan fingerprint density at radius 2 is 2.50 bits per heavy atom.